The fourth-order valence-corrected chi connectivity index (χ4v) is 1.04. The largest absolute Gasteiger partial charge is 0.499 e. The Morgan fingerprint density at radius 2 is 0.917 bits per heavy atom. The van der Waals surface area contributed by atoms with Crippen molar-refractivity contribution in [1.82, 2.24) is 0 Å². The highest BCUT2D eigenvalue weighted by Crippen LogP contribution is 2.02. The van der Waals surface area contributed by atoms with Crippen molar-refractivity contribution in [3.05, 3.63) is 0 Å². The maximum atomic E-state index is 5.30. The van der Waals surface area contributed by atoms with Gasteiger partial charge in [0.25, 0.3) is 16.6 Å². The Kier molecular flexibility index (Phi) is 3.87. The highest BCUT2D eigenvalue weighted by molar-refractivity contribution is 6.70. The van der Waals surface area contributed by atoms with Gasteiger partial charge in [0.05, 0.1) is 0 Å². The standard InChI is InChI=1S/C8H18O2Si2/c1-11(2,3)9-7-8-10-12(4,5)6/h1-6H3. The van der Waals surface area contributed by atoms with Crippen LogP contribution in [0, 0.1) is 12.2 Å². The van der Waals surface area contributed by atoms with Crippen LogP contribution in [0.4, 0.5) is 0 Å². The van der Waals surface area contributed by atoms with Crippen LogP contribution in [-0.4, -0.2) is 16.6 Å². The molecule has 0 aliphatic heterocycles. The first kappa shape index (κ1) is 11.6. The second-order valence-corrected chi connectivity index (χ2v) is 13.5. The van der Waals surface area contributed by atoms with Crippen LogP contribution < -0.4 is 0 Å². The van der Waals surface area contributed by atoms with Crippen LogP contribution in [0.25, 0.3) is 0 Å². The van der Waals surface area contributed by atoms with Gasteiger partial charge in [-0.3, -0.25) is 0 Å². The van der Waals surface area contributed by atoms with E-state index in [1.165, 1.54) is 0 Å². The molecular formula is C8H18O2Si2. The van der Waals surface area contributed by atoms with Crippen molar-refractivity contribution < 1.29 is 8.85 Å². The lowest BCUT2D eigenvalue weighted by Gasteiger charge is -2.13. The van der Waals surface area contributed by atoms with Crippen LogP contribution in [0.2, 0.25) is 39.3 Å². The van der Waals surface area contributed by atoms with Gasteiger partial charge >= 0.3 is 0 Å². The lowest BCUT2D eigenvalue weighted by molar-refractivity contribution is 0.477. The average Bonchev–Trinajstić information content (AvgIpc) is 1.76. The Labute approximate surface area is 77.5 Å². The van der Waals surface area contributed by atoms with Crippen LogP contribution in [0.3, 0.4) is 0 Å². The minimum Gasteiger partial charge on any atom is -0.499 e. The summed E-state index contributed by atoms with van der Waals surface area (Å²) in [7, 11) is -2.98. The van der Waals surface area contributed by atoms with Gasteiger partial charge in [0.15, 0.2) is 0 Å². The molecule has 2 nitrogen and oxygen atoms in total. The van der Waals surface area contributed by atoms with Gasteiger partial charge in [-0.05, 0) is 39.3 Å². The van der Waals surface area contributed by atoms with E-state index >= 15 is 0 Å². The highest BCUT2D eigenvalue weighted by Gasteiger charge is 2.15. The third-order valence-electron chi connectivity index (χ3n) is 0.756. The second kappa shape index (κ2) is 4.01. The molecule has 0 rings (SSSR count). The first-order valence-electron chi connectivity index (χ1n) is 4.07. The van der Waals surface area contributed by atoms with Gasteiger partial charge in [-0.25, -0.2) is 0 Å². The SMILES string of the molecule is C[Si](C)(C)OC#CO[Si](C)(C)C. The molecule has 0 saturated heterocycles. The van der Waals surface area contributed by atoms with Gasteiger partial charge in [0.2, 0.25) is 0 Å². The molecule has 0 fully saturated rings. The molecule has 0 aromatic heterocycles. The number of rotatable bonds is 2. The average molecular weight is 202 g/mol. The predicted molar refractivity (Wildman–Crippen MR) is 56.6 cm³/mol. The Bertz CT molecular complexity index is 170. The summed E-state index contributed by atoms with van der Waals surface area (Å²) in [6.45, 7) is 12.6. The van der Waals surface area contributed by atoms with E-state index in [0.29, 0.717) is 0 Å². The lowest BCUT2D eigenvalue weighted by atomic mass is 11.2. The van der Waals surface area contributed by atoms with Crippen molar-refractivity contribution in [3.63, 3.8) is 0 Å². The molecule has 4 heteroatoms. The van der Waals surface area contributed by atoms with Gasteiger partial charge in [-0.2, -0.15) is 0 Å². The highest BCUT2D eigenvalue weighted by atomic mass is 28.4. The Hall–Kier alpha value is -0.406. The van der Waals surface area contributed by atoms with E-state index < -0.39 is 16.6 Å². The van der Waals surface area contributed by atoms with Gasteiger partial charge in [-0.1, -0.05) is 0 Å². The zero-order chi connectivity index (χ0) is 9.83. The van der Waals surface area contributed by atoms with E-state index in [1.807, 2.05) is 0 Å². The quantitative estimate of drug-likeness (QED) is 0.506. The fraction of sp³-hybridized carbons (Fsp3) is 0.750. The maximum absolute atomic E-state index is 5.30. The maximum Gasteiger partial charge on any atom is 0.256 e. The predicted octanol–water partition coefficient (Wildman–Crippen LogP) is 2.61. The molecule has 70 valence electrons. The monoisotopic (exact) mass is 202 g/mol. The Morgan fingerprint density at radius 3 is 1.08 bits per heavy atom. The zero-order valence-electron chi connectivity index (χ0n) is 8.82. The third kappa shape index (κ3) is 9.59. The summed E-state index contributed by atoms with van der Waals surface area (Å²) < 4.78 is 10.6. The van der Waals surface area contributed by atoms with Crippen molar-refractivity contribution in [3.8, 4) is 12.2 Å². The van der Waals surface area contributed by atoms with Crippen molar-refractivity contribution in [2.45, 2.75) is 39.3 Å². The lowest BCUT2D eigenvalue weighted by Crippen LogP contribution is -2.24. The summed E-state index contributed by atoms with van der Waals surface area (Å²) in [5, 5.41) is 0. The third-order valence-corrected chi connectivity index (χ3v) is 2.18. The van der Waals surface area contributed by atoms with Crippen molar-refractivity contribution in [2.75, 3.05) is 0 Å². The summed E-state index contributed by atoms with van der Waals surface area (Å²) in [6, 6.07) is 0. The molecule has 0 saturated carbocycles. The number of hydrogen-bond donors (Lipinski definition) is 0. The van der Waals surface area contributed by atoms with Gasteiger partial charge in [0, 0.05) is 0 Å². The van der Waals surface area contributed by atoms with Crippen molar-refractivity contribution >= 4 is 16.6 Å². The molecule has 0 amide bonds. The molecule has 0 atom stereocenters. The minimum absolute atomic E-state index is 1.49. The molecule has 0 aromatic carbocycles. The van der Waals surface area contributed by atoms with E-state index in [9.17, 15) is 0 Å². The normalized spacial score (nSPS) is 11.5. The molecule has 12 heavy (non-hydrogen) atoms. The minimum atomic E-state index is -1.49. The van der Waals surface area contributed by atoms with Crippen LogP contribution in [0.1, 0.15) is 0 Å². The zero-order valence-corrected chi connectivity index (χ0v) is 10.8. The molecule has 0 heterocycles. The van der Waals surface area contributed by atoms with Gasteiger partial charge < -0.3 is 8.85 Å². The van der Waals surface area contributed by atoms with E-state index in [4.69, 9.17) is 8.85 Å². The van der Waals surface area contributed by atoms with Gasteiger partial charge in [-0.15, -0.1) is 0 Å². The summed E-state index contributed by atoms with van der Waals surface area (Å²) in [4.78, 5) is 0. The van der Waals surface area contributed by atoms with E-state index in [-0.39, 0.29) is 0 Å². The molecular weight excluding hydrogens is 184 g/mol. The Morgan fingerprint density at radius 1 is 0.667 bits per heavy atom. The molecule has 0 bridgehead atoms. The second-order valence-electron chi connectivity index (χ2n) is 4.63. The van der Waals surface area contributed by atoms with Crippen LogP contribution >= 0.6 is 0 Å². The molecule has 0 aliphatic rings. The summed E-state index contributed by atoms with van der Waals surface area (Å²) in [5.74, 6) is 0. The summed E-state index contributed by atoms with van der Waals surface area (Å²) >= 11 is 0. The fourth-order valence-electron chi connectivity index (χ4n) is 0.348. The van der Waals surface area contributed by atoms with Gasteiger partial charge in [0.1, 0.15) is 12.2 Å². The Balaban J connectivity index is 3.77. The molecule has 0 unspecified atom stereocenters. The van der Waals surface area contributed by atoms with Crippen molar-refractivity contribution in [2.24, 2.45) is 0 Å². The van der Waals surface area contributed by atoms with Crippen LogP contribution in [0.15, 0.2) is 0 Å². The molecule has 0 N–H and O–H groups in total. The topological polar surface area (TPSA) is 18.5 Å². The number of hydrogen-bond acceptors (Lipinski definition) is 2. The summed E-state index contributed by atoms with van der Waals surface area (Å²) in [5.41, 5.74) is 0. The molecule has 0 radical (unpaired) electrons. The molecule has 0 spiro atoms. The summed E-state index contributed by atoms with van der Waals surface area (Å²) in [6.07, 6.45) is 5.21. The van der Waals surface area contributed by atoms with Crippen LogP contribution in [0.5, 0.6) is 0 Å². The smallest absolute Gasteiger partial charge is 0.256 e. The first-order valence-corrected chi connectivity index (χ1v) is 10.9. The molecule has 0 aromatic rings. The van der Waals surface area contributed by atoms with E-state index in [2.05, 4.69) is 51.5 Å². The molecule has 0 aliphatic carbocycles. The van der Waals surface area contributed by atoms with Crippen LogP contribution in [-0.2, 0) is 8.85 Å². The van der Waals surface area contributed by atoms with Crippen molar-refractivity contribution in [1.29, 1.82) is 0 Å². The van der Waals surface area contributed by atoms with E-state index in [0.717, 1.165) is 0 Å². The van der Waals surface area contributed by atoms with E-state index in [1.54, 1.807) is 0 Å². The first-order chi connectivity index (χ1) is 5.21.